The molecule has 0 unspecified atom stereocenters. The van der Waals surface area contributed by atoms with E-state index in [-0.39, 0.29) is 0 Å². The number of unbranched alkanes of at least 4 members (excludes halogenated alkanes) is 2. The molecule has 0 bridgehead atoms. The number of hydrogen-bond acceptors (Lipinski definition) is 2. The smallest absolute Gasteiger partial charge is 0.0621 e. The Balaban J connectivity index is 2.21. The third-order valence-corrected chi connectivity index (χ3v) is 2.87. The summed E-state index contributed by atoms with van der Waals surface area (Å²) in [6, 6.07) is 11.0. The van der Waals surface area contributed by atoms with Gasteiger partial charge in [0.1, 0.15) is 0 Å². The van der Waals surface area contributed by atoms with Gasteiger partial charge in [-0.05, 0) is 36.4 Å². The molecule has 0 aliphatic heterocycles. The summed E-state index contributed by atoms with van der Waals surface area (Å²) in [5, 5.41) is 11.8. The highest BCUT2D eigenvalue weighted by Gasteiger charge is 1.98. The van der Waals surface area contributed by atoms with E-state index < -0.39 is 0 Å². The fourth-order valence-corrected chi connectivity index (χ4v) is 1.71. The summed E-state index contributed by atoms with van der Waals surface area (Å²) >= 11 is 0. The normalized spacial score (nSPS) is 10.5. The molecule has 0 heterocycles. The van der Waals surface area contributed by atoms with Crippen LogP contribution in [-0.2, 0) is 6.54 Å². The third-order valence-electron chi connectivity index (χ3n) is 2.87. The van der Waals surface area contributed by atoms with Gasteiger partial charge in [-0.3, -0.25) is 0 Å². The van der Waals surface area contributed by atoms with Crippen molar-refractivity contribution in [1.29, 1.82) is 5.26 Å². The van der Waals surface area contributed by atoms with Gasteiger partial charge in [-0.2, -0.15) is 5.26 Å². The van der Waals surface area contributed by atoms with Crippen LogP contribution < -0.4 is 5.32 Å². The monoisotopic (exact) mass is 230 g/mol. The quantitative estimate of drug-likeness (QED) is 0.726. The van der Waals surface area contributed by atoms with Gasteiger partial charge in [0.2, 0.25) is 0 Å². The van der Waals surface area contributed by atoms with Crippen molar-refractivity contribution < 1.29 is 0 Å². The van der Waals surface area contributed by atoms with Gasteiger partial charge in [0.15, 0.2) is 0 Å². The Kier molecular flexibility index (Phi) is 6.35. The first kappa shape index (κ1) is 13.7. The molecule has 17 heavy (non-hydrogen) atoms. The molecular weight excluding hydrogens is 208 g/mol. The van der Waals surface area contributed by atoms with Crippen LogP contribution in [0, 0.1) is 11.3 Å². The second-order valence-corrected chi connectivity index (χ2v) is 4.69. The van der Waals surface area contributed by atoms with Gasteiger partial charge in [-0.15, -0.1) is 0 Å². The molecule has 0 radical (unpaired) electrons. The largest absolute Gasteiger partial charge is 0.313 e. The molecule has 0 spiro atoms. The molecule has 92 valence electrons. The first-order chi connectivity index (χ1) is 8.24. The number of nitriles is 1. The minimum absolute atomic E-state index is 0.600. The molecular formula is C15H22N2. The van der Waals surface area contributed by atoms with Crippen LogP contribution in [0.15, 0.2) is 24.3 Å². The van der Waals surface area contributed by atoms with Crippen LogP contribution in [0.3, 0.4) is 0 Å². The first-order valence-corrected chi connectivity index (χ1v) is 6.40. The topological polar surface area (TPSA) is 35.8 Å². The van der Waals surface area contributed by atoms with Crippen LogP contribution in [0.25, 0.3) is 0 Å². The van der Waals surface area contributed by atoms with Gasteiger partial charge < -0.3 is 5.32 Å². The second-order valence-electron chi connectivity index (χ2n) is 4.69. The molecule has 2 nitrogen and oxygen atoms in total. The SMILES string of the molecule is CC(C)c1ccc(CNCCCCC#N)cc1. The Morgan fingerprint density at radius 3 is 2.47 bits per heavy atom. The highest BCUT2D eigenvalue weighted by atomic mass is 14.8. The lowest BCUT2D eigenvalue weighted by Crippen LogP contribution is -2.14. The summed E-state index contributed by atoms with van der Waals surface area (Å²) < 4.78 is 0. The second kappa shape index (κ2) is 7.86. The minimum atomic E-state index is 0.600. The molecule has 1 rings (SSSR count). The first-order valence-electron chi connectivity index (χ1n) is 6.40. The molecule has 0 aliphatic carbocycles. The van der Waals surface area contributed by atoms with E-state index >= 15 is 0 Å². The summed E-state index contributed by atoms with van der Waals surface area (Å²) in [7, 11) is 0. The van der Waals surface area contributed by atoms with Crippen molar-refractivity contribution in [2.45, 2.75) is 45.6 Å². The molecule has 1 aromatic rings. The molecule has 0 saturated carbocycles. The highest BCUT2D eigenvalue weighted by molar-refractivity contribution is 5.24. The number of hydrogen-bond donors (Lipinski definition) is 1. The van der Waals surface area contributed by atoms with E-state index in [0.29, 0.717) is 12.3 Å². The van der Waals surface area contributed by atoms with E-state index in [1.807, 2.05) is 0 Å². The van der Waals surface area contributed by atoms with Crippen molar-refractivity contribution in [3.05, 3.63) is 35.4 Å². The molecule has 0 amide bonds. The van der Waals surface area contributed by atoms with Gasteiger partial charge in [-0.25, -0.2) is 0 Å². The average Bonchev–Trinajstić information content (AvgIpc) is 2.34. The lowest BCUT2D eigenvalue weighted by molar-refractivity contribution is 0.628. The summed E-state index contributed by atoms with van der Waals surface area (Å²) in [4.78, 5) is 0. The molecule has 0 saturated heterocycles. The van der Waals surface area contributed by atoms with Crippen molar-refractivity contribution in [3.63, 3.8) is 0 Å². The summed E-state index contributed by atoms with van der Waals surface area (Å²) in [5.74, 6) is 0.600. The molecule has 2 heteroatoms. The van der Waals surface area contributed by atoms with Gasteiger partial charge in [-0.1, -0.05) is 38.1 Å². The van der Waals surface area contributed by atoms with E-state index in [1.54, 1.807) is 0 Å². The fraction of sp³-hybridized carbons (Fsp3) is 0.533. The molecule has 0 aromatic heterocycles. The third kappa shape index (κ3) is 5.51. The van der Waals surface area contributed by atoms with Crippen LogP contribution in [0.4, 0.5) is 0 Å². The van der Waals surface area contributed by atoms with Crippen LogP contribution >= 0.6 is 0 Å². The van der Waals surface area contributed by atoms with E-state index in [4.69, 9.17) is 5.26 Å². The van der Waals surface area contributed by atoms with Crippen LogP contribution in [-0.4, -0.2) is 6.54 Å². The average molecular weight is 230 g/mol. The maximum atomic E-state index is 8.40. The maximum absolute atomic E-state index is 8.40. The predicted octanol–water partition coefficient (Wildman–Crippen LogP) is 3.59. The van der Waals surface area contributed by atoms with Crippen LogP contribution in [0.2, 0.25) is 0 Å². The molecule has 0 fully saturated rings. The van der Waals surface area contributed by atoms with Crippen molar-refractivity contribution in [1.82, 2.24) is 5.32 Å². The Morgan fingerprint density at radius 2 is 1.88 bits per heavy atom. The standard InChI is InChI=1S/C15H22N2/c1-13(2)15-8-6-14(7-9-15)12-17-11-5-3-4-10-16/h6-9,13,17H,3-5,11-12H2,1-2H3. The van der Waals surface area contributed by atoms with Gasteiger partial charge >= 0.3 is 0 Å². The van der Waals surface area contributed by atoms with E-state index in [2.05, 4.69) is 49.5 Å². The van der Waals surface area contributed by atoms with Crippen LogP contribution in [0.5, 0.6) is 0 Å². The predicted molar refractivity (Wildman–Crippen MR) is 71.7 cm³/mol. The lowest BCUT2D eigenvalue weighted by Gasteiger charge is -2.07. The zero-order valence-electron chi connectivity index (χ0n) is 10.9. The molecule has 1 aromatic carbocycles. The summed E-state index contributed by atoms with van der Waals surface area (Å²) in [6.07, 6.45) is 2.75. The fourth-order valence-electron chi connectivity index (χ4n) is 1.71. The number of nitrogens with zero attached hydrogens (tertiary/aromatic N) is 1. The summed E-state index contributed by atoms with van der Waals surface area (Å²) in [5.41, 5.74) is 2.72. The number of rotatable bonds is 7. The Labute approximate surface area is 105 Å². The lowest BCUT2D eigenvalue weighted by atomic mass is 10.0. The molecule has 1 N–H and O–H groups in total. The Bertz CT molecular complexity index is 346. The number of nitrogens with one attached hydrogen (secondary N) is 1. The van der Waals surface area contributed by atoms with Crippen molar-refractivity contribution in [2.75, 3.05) is 6.54 Å². The van der Waals surface area contributed by atoms with Crippen molar-refractivity contribution >= 4 is 0 Å². The zero-order chi connectivity index (χ0) is 12.5. The minimum Gasteiger partial charge on any atom is -0.313 e. The van der Waals surface area contributed by atoms with Gasteiger partial charge in [0.05, 0.1) is 6.07 Å². The van der Waals surface area contributed by atoms with Crippen LogP contribution in [0.1, 0.15) is 50.2 Å². The van der Waals surface area contributed by atoms with E-state index in [0.717, 1.165) is 25.9 Å². The Hall–Kier alpha value is -1.33. The van der Waals surface area contributed by atoms with Crippen molar-refractivity contribution in [2.24, 2.45) is 0 Å². The van der Waals surface area contributed by atoms with Gasteiger partial charge in [0, 0.05) is 13.0 Å². The van der Waals surface area contributed by atoms with Gasteiger partial charge in [0.25, 0.3) is 0 Å². The maximum Gasteiger partial charge on any atom is 0.0621 e. The Morgan fingerprint density at radius 1 is 1.18 bits per heavy atom. The van der Waals surface area contributed by atoms with E-state index in [9.17, 15) is 0 Å². The zero-order valence-corrected chi connectivity index (χ0v) is 10.9. The molecule has 0 atom stereocenters. The van der Waals surface area contributed by atoms with Crippen molar-refractivity contribution in [3.8, 4) is 6.07 Å². The summed E-state index contributed by atoms with van der Waals surface area (Å²) in [6.45, 7) is 6.34. The highest BCUT2D eigenvalue weighted by Crippen LogP contribution is 2.14. The number of benzene rings is 1. The molecule has 0 aliphatic rings. The van der Waals surface area contributed by atoms with E-state index in [1.165, 1.54) is 11.1 Å².